The maximum atomic E-state index is 13.6. The van der Waals surface area contributed by atoms with Crippen LogP contribution in [0.3, 0.4) is 0 Å². The molecule has 1 aliphatic heterocycles. The van der Waals surface area contributed by atoms with Crippen molar-refractivity contribution in [3.8, 4) is 0 Å². The Kier molecular flexibility index (Phi) is 4.99. The van der Waals surface area contributed by atoms with E-state index in [4.69, 9.17) is 11.6 Å². The summed E-state index contributed by atoms with van der Waals surface area (Å²) in [5.74, 6) is 2.68. The molecule has 0 spiro atoms. The highest BCUT2D eigenvalue weighted by Gasteiger charge is 2.53. The van der Waals surface area contributed by atoms with Gasteiger partial charge in [0.15, 0.2) is 0 Å². The quantitative estimate of drug-likeness (QED) is 0.749. The van der Waals surface area contributed by atoms with Crippen molar-refractivity contribution in [2.24, 2.45) is 23.7 Å². The second-order valence-corrected chi connectivity index (χ2v) is 12.5. The van der Waals surface area contributed by atoms with Crippen molar-refractivity contribution in [3.05, 3.63) is 28.8 Å². The SMILES string of the molecule is Cc1c(Cl)cccc1S(=O)(=O)N1CCC[C@@]1(C)C(=O)NC1C2CC3CC(C2)CC1C3. The summed E-state index contributed by atoms with van der Waals surface area (Å²) in [7, 11) is -3.82. The molecule has 1 saturated heterocycles. The molecule has 0 unspecified atom stereocenters. The Balaban J connectivity index is 1.40. The van der Waals surface area contributed by atoms with Crippen molar-refractivity contribution < 1.29 is 13.2 Å². The average molecular weight is 451 g/mol. The van der Waals surface area contributed by atoms with Gasteiger partial charge in [0.2, 0.25) is 15.9 Å². The van der Waals surface area contributed by atoms with Crippen LogP contribution in [0.25, 0.3) is 0 Å². The minimum atomic E-state index is -3.82. The molecule has 4 bridgehead atoms. The van der Waals surface area contributed by atoms with E-state index in [-0.39, 0.29) is 16.8 Å². The molecule has 4 saturated carbocycles. The van der Waals surface area contributed by atoms with E-state index in [1.54, 1.807) is 32.0 Å². The Morgan fingerprint density at radius 3 is 2.40 bits per heavy atom. The second kappa shape index (κ2) is 7.21. The number of amides is 1. The molecule has 1 amide bonds. The van der Waals surface area contributed by atoms with Gasteiger partial charge >= 0.3 is 0 Å². The van der Waals surface area contributed by atoms with Crippen molar-refractivity contribution >= 4 is 27.5 Å². The van der Waals surface area contributed by atoms with Crippen LogP contribution in [-0.4, -0.2) is 36.8 Å². The third kappa shape index (κ3) is 3.13. The number of hydrogen-bond donors (Lipinski definition) is 1. The second-order valence-electron chi connectivity index (χ2n) is 10.2. The van der Waals surface area contributed by atoms with Crippen LogP contribution in [0.1, 0.15) is 57.4 Å². The van der Waals surface area contributed by atoms with Crippen molar-refractivity contribution in [2.75, 3.05) is 6.54 Å². The van der Waals surface area contributed by atoms with Crippen LogP contribution in [0, 0.1) is 30.6 Å². The van der Waals surface area contributed by atoms with Gasteiger partial charge in [0.25, 0.3) is 0 Å². The molecule has 0 radical (unpaired) electrons. The zero-order valence-electron chi connectivity index (χ0n) is 17.7. The van der Waals surface area contributed by atoms with E-state index in [9.17, 15) is 13.2 Å². The van der Waals surface area contributed by atoms with Gasteiger partial charge < -0.3 is 5.32 Å². The first kappa shape index (κ1) is 20.8. The van der Waals surface area contributed by atoms with Crippen LogP contribution in [0.5, 0.6) is 0 Å². The summed E-state index contributed by atoms with van der Waals surface area (Å²) >= 11 is 6.20. The van der Waals surface area contributed by atoms with E-state index in [1.165, 1.54) is 36.4 Å². The maximum absolute atomic E-state index is 13.6. The monoisotopic (exact) mass is 450 g/mol. The number of hydrogen-bond acceptors (Lipinski definition) is 3. The first-order chi connectivity index (χ1) is 14.2. The minimum Gasteiger partial charge on any atom is -0.351 e. The molecular formula is C23H31ClN2O3S. The lowest BCUT2D eigenvalue weighted by Crippen LogP contribution is -2.62. The maximum Gasteiger partial charge on any atom is 0.244 e. The van der Waals surface area contributed by atoms with Gasteiger partial charge in [-0.1, -0.05) is 17.7 Å². The molecule has 7 heteroatoms. The Morgan fingerprint density at radius 2 is 1.77 bits per heavy atom. The highest BCUT2D eigenvalue weighted by molar-refractivity contribution is 7.89. The van der Waals surface area contributed by atoms with Gasteiger partial charge in [0, 0.05) is 17.6 Å². The molecule has 164 valence electrons. The predicted octanol–water partition coefficient (Wildman–Crippen LogP) is 4.13. The predicted molar refractivity (Wildman–Crippen MR) is 117 cm³/mol. The summed E-state index contributed by atoms with van der Waals surface area (Å²) in [6.45, 7) is 3.87. The van der Waals surface area contributed by atoms with Crippen molar-refractivity contribution in [1.29, 1.82) is 0 Å². The van der Waals surface area contributed by atoms with Gasteiger partial charge in [0.1, 0.15) is 5.54 Å². The van der Waals surface area contributed by atoms with Crippen molar-refractivity contribution in [3.63, 3.8) is 0 Å². The van der Waals surface area contributed by atoms with E-state index >= 15 is 0 Å². The van der Waals surface area contributed by atoms with E-state index in [0.717, 1.165) is 11.8 Å². The lowest BCUT2D eigenvalue weighted by Gasteiger charge is -2.54. The van der Waals surface area contributed by atoms with Crippen LogP contribution in [0.2, 0.25) is 5.02 Å². The van der Waals surface area contributed by atoms with Crippen molar-refractivity contribution in [1.82, 2.24) is 9.62 Å². The minimum absolute atomic E-state index is 0.124. The van der Waals surface area contributed by atoms with Gasteiger partial charge in [0.05, 0.1) is 4.90 Å². The van der Waals surface area contributed by atoms with Crippen LogP contribution in [0.4, 0.5) is 0 Å². The molecule has 4 aliphatic carbocycles. The van der Waals surface area contributed by atoms with Gasteiger partial charge in [-0.05, 0) is 100 Å². The Hall–Kier alpha value is -1.11. The first-order valence-corrected chi connectivity index (χ1v) is 13.1. The summed E-state index contributed by atoms with van der Waals surface area (Å²) in [4.78, 5) is 13.8. The molecule has 1 aromatic carbocycles. The van der Waals surface area contributed by atoms with Crippen LogP contribution in [0.15, 0.2) is 23.1 Å². The summed E-state index contributed by atoms with van der Waals surface area (Å²) in [5, 5.41) is 3.78. The van der Waals surface area contributed by atoms with E-state index in [0.29, 0.717) is 41.8 Å². The summed E-state index contributed by atoms with van der Waals surface area (Å²) in [6.07, 6.45) is 7.49. The number of carbonyl (C=O) groups is 1. The molecule has 1 heterocycles. The fraction of sp³-hybridized carbons (Fsp3) is 0.696. The highest BCUT2D eigenvalue weighted by atomic mass is 35.5. The normalized spacial score (nSPS) is 38.2. The number of benzene rings is 1. The zero-order chi connectivity index (χ0) is 21.3. The van der Waals surface area contributed by atoms with Crippen LogP contribution >= 0.6 is 11.6 Å². The average Bonchev–Trinajstić information content (AvgIpc) is 3.10. The fourth-order valence-electron chi connectivity index (χ4n) is 7.00. The molecule has 1 aromatic rings. The van der Waals surface area contributed by atoms with E-state index in [1.807, 2.05) is 0 Å². The standard InChI is InChI=1S/C23H31ClN2O3S/c1-14-19(24)5-3-6-20(14)30(28,29)26-8-4-7-23(26,2)22(27)25-21-17-10-15-9-16(12-17)13-18(21)11-15/h3,5-6,15-18,21H,4,7-13H2,1-2H3,(H,25,27)/t15?,16?,17?,18?,21?,23-/m0/s1. The van der Waals surface area contributed by atoms with E-state index < -0.39 is 15.6 Å². The van der Waals surface area contributed by atoms with Gasteiger partial charge in [-0.3, -0.25) is 4.79 Å². The van der Waals surface area contributed by atoms with Gasteiger partial charge in [-0.2, -0.15) is 4.31 Å². The lowest BCUT2D eigenvalue weighted by atomic mass is 9.54. The molecule has 5 aliphatic rings. The van der Waals surface area contributed by atoms with Crippen LogP contribution < -0.4 is 5.32 Å². The number of nitrogens with one attached hydrogen (secondary N) is 1. The van der Waals surface area contributed by atoms with Crippen LogP contribution in [-0.2, 0) is 14.8 Å². The number of halogens is 1. The Morgan fingerprint density at radius 1 is 1.13 bits per heavy atom. The Labute approximate surface area is 184 Å². The number of sulfonamides is 1. The van der Waals surface area contributed by atoms with Crippen molar-refractivity contribution in [2.45, 2.75) is 75.3 Å². The lowest BCUT2D eigenvalue weighted by molar-refractivity contribution is -0.132. The third-order valence-corrected chi connectivity index (χ3v) is 10.9. The smallest absolute Gasteiger partial charge is 0.244 e. The molecular weight excluding hydrogens is 420 g/mol. The summed E-state index contributed by atoms with van der Waals surface area (Å²) in [6, 6.07) is 5.15. The Bertz CT molecular complexity index is 951. The molecule has 5 fully saturated rings. The first-order valence-electron chi connectivity index (χ1n) is 11.3. The zero-order valence-corrected chi connectivity index (χ0v) is 19.3. The largest absolute Gasteiger partial charge is 0.351 e. The number of nitrogens with zero attached hydrogens (tertiary/aromatic N) is 1. The highest BCUT2D eigenvalue weighted by Crippen LogP contribution is 2.54. The molecule has 1 atom stereocenters. The van der Waals surface area contributed by atoms with Gasteiger partial charge in [-0.15, -0.1) is 0 Å². The number of rotatable bonds is 4. The third-order valence-electron chi connectivity index (χ3n) is 8.37. The molecule has 6 rings (SSSR count). The molecule has 1 N–H and O–H groups in total. The molecule has 30 heavy (non-hydrogen) atoms. The summed E-state index contributed by atoms with van der Waals surface area (Å²) < 4.78 is 28.5. The fourth-order valence-corrected chi connectivity index (χ4v) is 9.29. The summed E-state index contributed by atoms with van der Waals surface area (Å²) in [5.41, 5.74) is -0.516. The number of carbonyl (C=O) groups excluding carboxylic acids is 1. The molecule has 5 nitrogen and oxygen atoms in total. The van der Waals surface area contributed by atoms with E-state index in [2.05, 4.69) is 5.32 Å². The molecule has 0 aromatic heterocycles. The van der Waals surface area contributed by atoms with Gasteiger partial charge in [-0.25, -0.2) is 8.42 Å². The topological polar surface area (TPSA) is 66.5 Å².